The number of alkyl halides is 6. The van der Waals surface area contributed by atoms with Crippen molar-refractivity contribution in [2.24, 2.45) is 5.92 Å². The molecule has 1 aliphatic heterocycles. The Morgan fingerprint density at radius 3 is 2.19 bits per heavy atom. The first-order valence-electron chi connectivity index (χ1n) is 10.6. The Hall–Kier alpha value is -3.13. The normalized spacial score (nSPS) is 15.6. The lowest BCUT2D eigenvalue weighted by molar-refractivity contribution is -0.193. The number of rotatable bonds is 6. The summed E-state index contributed by atoms with van der Waals surface area (Å²) in [6.07, 6.45) is 1.17. The lowest BCUT2D eigenvalue weighted by atomic mass is 9.97. The van der Waals surface area contributed by atoms with E-state index in [9.17, 15) is 26.3 Å². The molecule has 0 aromatic carbocycles. The van der Waals surface area contributed by atoms with Crippen molar-refractivity contribution in [1.82, 2.24) is 9.88 Å². The Morgan fingerprint density at radius 2 is 1.69 bits per heavy atom. The van der Waals surface area contributed by atoms with E-state index < -0.39 is 24.3 Å². The van der Waals surface area contributed by atoms with Crippen LogP contribution in [0.4, 0.5) is 26.3 Å². The monoisotopic (exact) mass is 526 g/mol. The summed E-state index contributed by atoms with van der Waals surface area (Å²) >= 11 is 0. The summed E-state index contributed by atoms with van der Waals surface area (Å²) in [5.74, 6) is -4.70. The lowest BCUT2D eigenvalue weighted by Gasteiger charge is -2.29. The SMILES string of the molecule is O=C(O)C(F)(F)F.O=C(O)C(F)(F)F.c1cc(CN2CCc3c(COCC4CC4)cncc3C2)co1. The predicted octanol–water partition coefficient (Wildman–Crippen LogP) is 4.43. The van der Waals surface area contributed by atoms with Crippen LogP contribution < -0.4 is 0 Å². The van der Waals surface area contributed by atoms with Crippen molar-refractivity contribution in [3.8, 4) is 0 Å². The highest BCUT2D eigenvalue weighted by Gasteiger charge is 2.38. The van der Waals surface area contributed by atoms with Crippen LogP contribution in [-0.2, 0) is 40.4 Å². The molecule has 2 N–H and O–H groups in total. The first-order valence-corrected chi connectivity index (χ1v) is 10.6. The van der Waals surface area contributed by atoms with Crippen LogP contribution >= 0.6 is 0 Å². The number of aromatic nitrogens is 1. The fourth-order valence-corrected chi connectivity index (χ4v) is 3.15. The average Bonchev–Trinajstić information content (AvgIpc) is 3.46. The molecule has 2 aromatic rings. The van der Waals surface area contributed by atoms with Crippen LogP contribution in [0.2, 0.25) is 0 Å². The topological polar surface area (TPSA) is 113 Å². The van der Waals surface area contributed by atoms with Crippen molar-refractivity contribution in [2.75, 3.05) is 13.2 Å². The molecule has 0 unspecified atom stereocenters. The fourth-order valence-electron chi connectivity index (χ4n) is 3.15. The van der Waals surface area contributed by atoms with Crippen LogP contribution in [0, 0.1) is 5.92 Å². The highest BCUT2D eigenvalue weighted by Crippen LogP contribution is 2.30. The van der Waals surface area contributed by atoms with E-state index in [1.807, 2.05) is 24.7 Å². The van der Waals surface area contributed by atoms with Crippen LogP contribution in [0.15, 0.2) is 35.4 Å². The minimum absolute atomic E-state index is 0.717. The smallest absolute Gasteiger partial charge is 0.475 e. The average molecular weight is 526 g/mol. The third kappa shape index (κ3) is 10.2. The zero-order valence-corrected chi connectivity index (χ0v) is 18.8. The maximum Gasteiger partial charge on any atom is 0.490 e. The Kier molecular flexibility index (Phi) is 10.3. The van der Waals surface area contributed by atoms with Crippen LogP contribution in [-0.4, -0.2) is 57.5 Å². The third-order valence-corrected chi connectivity index (χ3v) is 5.09. The second-order valence-corrected chi connectivity index (χ2v) is 8.09. The minimum atomic E-state index is -5.08. The summed E-state index contributed by atoms with van der Waals surface area (Å²) in [6, 6.07) is 2.04. The van der Waals surface area contributed by atoms with E-state index in [2.05, 4.69) is 9.88 Å². The highest BCUT2D eigenvalue weighted by atomic mass is 19.4. The first kappa shape index (κ1) is 29.1. The van der Waals surface area contributed by atoms with Crippen molar-refractivity contribution in [3.63, 3.8) is 0 Å². The van der Waals surface area contributed by atoms with Gasteiger partial charge < -0.3 is 19.4 Å². The zero-order chi connectivity index (χ0) is 26.9. The molecule has 2 aromatic heterocycles. The van der Waals surface area contributed by atoms with Gasteiger partial charge in [-0.2, -0.15) is 26.3 Å². The van der Waals surface area contributed by atoms with Crippen LogP contribution in [0.5, 0.6) is 0 Å². The Balaban J connectivity index is 0.000000271. The van der Waals surface area contributed by atoms with E-state index in [1.54, 1.807) is 6.26 Å². The number of halogens is 6. The number of aliphatic carboxylic acids is 2. The van der Waals surface area contributed by atoms with E-state index in [4.69, 9.17) is 29.0 Å². The van der Waals surface area contributed by atoms with E-state index in [0.717, 1.165) is 38.6 Å². The molecule has 8 nitrogen and oxygen atoms in total. The second kappa shape index (κ2) is 12.7. The van der Waals surface area contributed by atoms with E-state index >= 15 is 0 Å². The largest absolute Gasteiger partial charge is 0.490 e. The van der Waals surface area contributed by atoms with Gasteiger partial charge >= 0.3 is 24.3 Å². The van der Waals surface area contributed by atoms with Gasteiger partial charge in [-0.3, -0.25) is 9.88 Å². The summed E-state index contributed by atoms with van der Waals surface area (Å²) in [6.45, 7) is 4.62. The number of furan rings is 1. The maximum absolute atomic E-state index is 10.6. The number of carboxylic acids is 2. The molecule has 0 radical (unpaired) electrons. The van der Waals surface area contributed by atoms with Crippen LogP contribution in [0.25, 0.3) is 0 Å². The third-order valence-electron chi connectivity index (χ3n) is 5.09. The molecule has 36 heavy (non-hydrogen) atoms. The van der Waals surface area contributed by atoms with Gasteiger partial charge in [0.15, 0.2) is 0 Å². The van der Waals surface area contributed by atoms with Crippen molar-refractivity contribution < 1.29 is 55.3 Å². The predicted molar refractivity (Wildman–Crippen MR) is 111 cm³/mol. The Labute approximate surface area is 201 Å². The number of hydrogen-bond acceptors (Lipinski definition) is 6. The Bertz CT molecular complexity index is 966. The number of nitrogens with zero attached hydrogens (tertiary/aromatic N) is 2. The molecule has 0 amide bonds. The highest BCUT2D eigenvalue weighted by molar-refractivity contribution is 5.73. The number of carboxylic acid groups (broad SMARTS) is 2. The quantitative estimate of drug-likeness (QED) is 0.532. The molecule has 0 atom stereocenters. The van der Waals surface area contributed by atoms with E-state index in [1.165, 1.54) is 35.1 Å². The number of carbonyl (C=O) groups is 2. The maximum atomic E-state index is 10.6. The molecule has 0 spiro atoms. The summed E-state index contributed by atoms with van der Waals surface area (Å²) in [4.78, 5) is 24.7. The first-order chi connectivity index (χ1) is 16.8. The summed E-state index contributed by atoms with van der Waals surface area (Å²) in [7, 11) is 0. The molecule has 1 fully saturated rings. The van der Waals surface area contributed by atoms with Gasteiger partial charge in [-0.05, 0) is 47.9 Å². The summed E-state index contributed by atoms with van der Waals surface area (Å²) in [5, 5.41) is 14.2. The van der Waals surface area contributed by atoms with Gasteiger partial charge in [-0.1, -0.05) is 0 Å². The molecular formula is C22H24F6N2O6. The number of pyridine rings is 1. The Morgan fingerprint density at radius 1 is 1.08 bits per heavy atom. The van der Waals surface area contributed by atoms with E-state index in [0.29, 0.717) is 6.61 Å². The lowest BCUT2D eigenvalue weighted by Crippen LogP contribution is -2.30. The summed E-state index contributed by atoms with van der Waals surface area (Å²) in [5.41, 5.74) is 5.32. The molecule has 0 saturated heterocycles. The number of hydrogen-bond donors (Lipinski definition) is 2. The van der Waals surface area contributed by atoms with Gasteiger partial charge in [0, 0.05) is 44.2 Å². The molecule has 3 heterocycles. The molecule has 4 rings (SSSR count). The van der Waals surface area contributed by atoms with Gasteiger partial charge in [-0.15, -0.1) is 0 Å². The van der Waals surface area contributed by atoms with Crippen LogP contribution in [0.3, 0.4) is 0 Å². The molecule has 1 aliphatic carbocycles. The molecule has 14 heteroatoms. The molecular weight excluding hydrogens is 502 g/mol. The summed E-state index contributed by atoms with van der Waals surface area (Å²) < 4.78 is 74.5. The van der Waals surface area contributed by atoms with Crippen molar-refractivity contribution >= 4 is 11.9 Å². The standard InChI is InChI=1S/C18H22N2O2.2C2HF3O2/c1-2-14(1)11-22-13-17-8-19-7-16-10-20(5-3-18(16)17)9-15-4-6-21-12-15;2*3-2(4,5)1(6)7/h4,6-8,12,14H,1-3,5,9-11,13H2;2*(H,6,7). The molecule has 200 valence electrons. The molecule has 2 aliphatic rings. The van der Waals surface area contributed by atoms with Crippen molar-refractivity contribution in [1.29, 1.82) is 0 Å². The number of ether oxygens (including phenoxy) is 1. The van der Waals surface area contributed by atoms with Gasteiger partial charge in [0.1, 0.15) is 0 Å². The van der Waals surface area contributed by atoms with Gasteiger partial charge in [0.2, 0.25) is 0 Å². The second-order valence-electron chi connectivity index (χ2n) is 8.09. The fraction of sp³-hybridized carbons (Fsp3) is 0.500. The number of fused-ring (bicyclic) bond motifs is 1. The van der Waals surface area contributed by atoms with Gasteiger partial charge in [0.25, 0.3) is 0 Å². The van der Waals surface area contributed by atoms with Gasteiger partial charge in [-0.25, -0.2) is 9.59 Å². The zero-order valence-electron chi connectivity index (χ0n) is 18.8. The van der Waals surface area contributed by atoms with Crippen molar-refractivity contribution in [3.05, 3.63) is 53.2 Å². The molecule has 1 saturated carbocycles. The van der Waals surface area contributed by atoms with Crippen LogP contribution in [0.1, 0.15) is 35.1 Å². The van der Waals surface area contributed by atoms with Gasteiger partial charge in [0.05, 0.1) is 19.1 Å². The minimum Gasteiger partial charge on any atom is -0.475 e. The van der Waals surface area contributed by atoms with Crippen molar-refractivity contribution in [2.45, 2.75) is 51.3 Å². The van der Waals surface area contributed by atoms with E-state index in [-0.39, 0.29) is 0 Å². The molecule has 0 bridgehead atoms.